The lowest BCUT2D eigenvalue weighted by molar-refractivity contribution is -0.119. The van der Waals surface area contributed by atoms with Gasteiger partial charge in [0.2, 0.25) is 11.9 Å². The van der Waals surface area contributed by atoms with Crippen LogP contribution in [0.5, 0.6) is 0 Å². The van der Waals surface area contributed by atoms with Gasteiger partial charge in [0.1, 0.15) is 11.7 Å². The van der Waals surface area contributed by atoms with E-state index in [1.807, 2.05) is 23.8 Å². The van der Waals surface area contributed by atoms with Crippen LogP contribution in [-0.2, 0) is 11.2 Å². The van der Waals surface area contributed by atoms with E-state index in [4.69, 9.17) is 9.97 Å². The molecule has 3 heterocycles. The van der Waals surface area contributed by atoms with Crippen molar-refractivity contribution in [1.29, 1.82) is 0 Å². The van der Waals surface area contributed by atoms with Crippen molar-refractivity contribution in [3.8, 4) is 0 Å². The first-order chi connectivity index (χ1) is 10.6. The van der Waals surface area contributed by atoms with Crippen molar-refractivity contribution in [2.24, 2.45) is 0 Å². The second-order valence-electron chi connectivity index (χ2n) is 6.67. The molecular formula is C16H23N5O. The van der Waals surface area contributed by atoms with Gasteiger partial charge in [0.25, 0.3) is 0 Å². The van der Waals surface area contributed by atoms with Gasteiger partial charge in [-0.25, -0.2) is 4.98 Å². The molecule has 1 fully saturated rings. The predicted octanol–water partition coefficient (Wildman–Crippen LogP) is 1.95. The molecule has 1 saturated carbocycles. The number of amides is 1. The Labute approximate surface area is 130 Å². The van der Waals surface area contributed by atoms with Gasteiger partial charge in [-0.1, -0.05) is 12.8 Å². The number of carbonyl (C=O) groups excluding carboxylic acids is 1. The van der Waals surface area contributed by atoms with Crippen molar-refractivity contribution < 1.29 is 4.79 Å². The highest BCUT2D eigenvalue weighted by Gasteiger charge is 2.38. The summed E-state index contributed by atoms with van der Waals surface area (Å²) in [6.07, 6.45) is 6.88. The van der Waals surface area contributed by atoms with E-state index in [1.165, 1.54) is 25.7 Å². The summed E-state index contributed by atoms with van der Waals surface area (Å²) < 4.78 is 0. The normalized spacial score (nSPS) is 24.6. The number of anilines is 3. The first-order valence-electron chi connectivity index (χ1n) is 8.37. The fourth-order valence-corrected chi connectivity index (χ4v) is 3.81. The number of hydrogen-bond donors (Lipinski definition) is 1. The zero-order valence-corrected chi connectivity index (χ0v) is 13.3. The molecule has 3 aliphatic rings. The van der Waals surface area contributed by atoms with Crippen LogP contribution in [0.4, 0.5) is 17.5 Å². The van der Waals surface area contributed by atoms with Crippen LogP contribution in [0.2, 0.25) is 0 Å². The minimum atomic E-state index is -0.160. The van der Waals surface area contributed by atoms with Crippen LogP contribution in [0, 0.1) is 0 Å². The van der Waals surface area contributed by atoms with E-state index >= 15 is 0 Å². The molecule has 0 radical (unpaired) electrons. The molecule has 118 valence electrons. The van der Waals surface area contributed by atoms with Crippen molar-refractivity contribution >= 4 is 23.4 Å². The monoisotopic (exact) mass is 301 g/mol. The second-order valence-corrected chi connectivity index (χ2v) is 6.67. The summed E-state index contributed by atoms with van der Waals surface area (Å²) >= 11 is 0. The fraction of sp³-hybridized carbons (Fsp3) is 0.688. The van der Waals surface area contributed by atoms with E-state index in [0.717, 1.165) is 42.5 Å². The Morgan fingerprint density at radius 1 is 1.18 bits per heavy atom. The zero-order chi connectivity index (χ0) is 15.3. The van der Waals surface area contributed by atoms with Crippen molar-refractivity contribution in [1.82, 2.24) is 9.97 Å². The molecule has 0 bridgehead atoms. The molecule has 4 rings (SSSR count). The molecule has 0 aromatic carbocycles. The molecule has 1 aromatic heterocycles. The van der Waals surface area contributed by atoms with Crippen LogP contribution in [0.3, 0.4) is 0 Å². The number of carbonyl (C=O) groups is 1. The topological polar surface area (TPSA) is 61.4 Å². The molecule has 22 heavy (non-hydrogen) atoms. The van der Waals surface area contributed by atoms with Crippen LogP contribution < -0.4 is 15.1 Å². The molecule has 0 spiro atoms. The third-order valence-electron chi connectivity index (χ3n) is 5.23. The molecule has 6 nitrogen and oxygen atoms in total. The summed E-state index contributed by atoms with van der Waals surface area (Å²) in [4.78, 5) is 25.8. The van der Waals surface area contributed by atoms with Gasteiger partial charge in [-0.3, -0.25) is 4.79 Å². The highest BCUT2D eigenvalue weighted by molar-refractivity contribution is 6.05. The van der Waals surface area contributed by atoms with Crippen LogP contribution in [0.1, 0.15) is 44.7 Å². The lowest BCUT2D eigenvalue weighted by Gasteiger charge is -2.41. The van der Waals surface area contributed by atoms with E-state index in [9.17, 15) is 4.79 Å². The molecule has 0 saturated heterocycles. The minimum Gasteiger partial charge on any atom is -0.351 e. The maximum atomic E-state index is 12.5. The lowest BCUT2D eigenvalue weighted by atomic mass is 10.0. The van der Waals surface area contributed by atoms with Crippen LogP contribution in [0.15, 0.2) is 0 Å². The predicted molar refractivity (Wildman–Crippen MR) is 86.4 cm³/mol. The average Bonchev–Trinajstić information content (AvgIpc) is 3.03. The van der Waals surface area contributed by atoms with Gasteiger partial charge in [0.05, 0.1) is 5.69 Å². The Balaban J connectivity index is 1.75. The van der Waals surface area contributed by atoms with Crippen molar-refractivity contribution in [3.63, 3.8) is 0 Å². The summed E-state index contributed by atoms with van der Waals surface area (Å²) in [6.45, 7) is 2.74. The molecule has 1 atom stereocenters. The molecule has 1 N–H and O–H groups in total. The highest BCUT2D eigenvalue weighted by Crippen LogP contribution is 2.39. The molecule has 1 amide bonds. The smallest absolute Gasteiger partial charge is 0.249 e. The Hall–Kier alpha value is -1.85. The number of hydrogen-bond acceptors (Lipinski definition) is 5. The van der Waals surface area contributed by atoms with Crippen molar-refractivity contribution in [2.75, 3.05) is 28.7 Å². The lowest BCUT2D eigenvalue weighted by Crippen LogP contribution is -2.53. The van der Waals surface area contributed by atoms with Crippen molar-refractivity contribution in [3.05, 3.63) is 5.69 Å². The Bertz CT molecular complexity index is 611. The van der Waals surface area contributed by atoms with Gasteiger partial charge in [-0.15, -0.1) is 0 Å². The standard InChI is InChI=1S/C16H23N5O/c1-10-15(22)21-9-5-8-12-13(21)14(20(10)2)19-16(18-12)17-11-6-3-4-7-11/h10-11H,3-9H2,1-2H3,(H,17,18,19). The van der Waals surface area contributed by atoms with Gasteiger partial charge in [-0.2, -0.15) is 4.98 Å². The maximum Gasteiger partial charge on any atom is 0.249 e. The zero-order valence-electron chi connectivity index (χ0n) is 13.3. The Morgan fingerprint density at radius 3 is 2.73 bits per heavy atom. The van der Waals surface area contributed by atoms with Crippen LogP contribution >= 0.6 is 0 Å². The van der Waals surface area contributed by atoms with E-state index in [1.54, 1.807) is 0 Å². The molecular weight excluding hydrogens is 278 g/mol. The van der Waals surface area contributed by atoms with Gasteiger partial charge in [0.15, 0.2) is 5.82 Å². The average molecular weight is 301 g/mol. The Kier molecular flexibility index (Phi) is 3.20. The summed E-state index contributed by atoms with van der Waals surface area (Å²) in [5, 5.41) is 3.50. The number of nitrogens with zero attached hydrogens (tertiary/aromatic N) is 4. The van der Waals surface area contributed by atoms with Gasteiger partial charge >= 0.3 is 0 Å². The molecule has 1 aromatic rings. The van der Waals surface area contributed by atoms with E-state index in [2.05, 4.69) is 5.32 Å². The molecule has 1 unspecified atom stereocenters. The molecule has 6 heteroatoms. The van der Waals surface area contributed by atoms with Crippen LogP contribution in [-0.4, -0.2) is 41.6 Å². The molecule has 1 aliphatic carbocycles. The largest absolute Gasteiger partial charge is 0.351 e. The number of nitrogens with one attached hydrogen (secondary N) is 1. The van der Waals surface area contributed by atoms with E-state index in [0.29, 0.717) is 6.04 Å². The SMILES string of the molecule is CC1C(=O)N2CCCc3nc(NC4CCCC4)nc(c32)N1C. The van der Waals surface area contributed by atoms with Crippen LogP contribution in [0.25, 0.3) is 0 Å². The minimum absolute atomic E-state index is 0.160. The summed E-state index contributed by atoms with van der Waals surface area (Å²) in [7, 11) is 1.95. The van der Waals surface area contributed by atoms with Gasteiger partial charge in [0, 0.05) is 19.6 Å². The van der Waals surface area contributed by atoms with E-state index in [-0.39, 0.29) is 11.9 Å². The highest BCUT2D eigenvalue weighted by atomic mass is 16.2. The number of aromatic nitrogens is 2. The summed E-state index contributed by atoms with van der Waals surface area (Å²) in [5.74, 6) is 1.80. The second kappa shape index (κ2) is 5.11. The molecule has 2 aliphatic heterocycles. The maximum absolute atomic E-state index is 12.5. The number of likely N-dealkylation sites (N-methyl/N-ethyl adjacent to an activating group) is 1. The number of rotatable bonds is 2. The first kappa shape index (κ1) is 13.8. The van der Waals surface area contributed by atoms with Gasteiger partial charge in [-0.05, 0) is 32.6 Å². The third kappa shape index (κ3) is 2.04. The number of aryl methyl sites for hydroxylation is 1. The fourth-order valence-electron chi connectivity index (χ4n) is 3.81. The van der Waals surface area contributed by atoms with Gasteiger partial charge < -0.3 is 15.1 Å². The third-order valence-corrected chi connectivity index (χ3v) is 5.23. The quantitative estimate of drug-likeness (QED) is 0.904. The van der Waals surface area contributed by atoms with E-state index < -0.39 is 0 Å². The Morgan fingerprint density at radius 2 is 1.95 bits per heavy atom. The summed E-state index contributed by atoms with van der Waals surface area (Å²) in [5.41, 5.74) is 1.96. The summed E-state index contributed by atoms with van der Waals surface area (Å²) in [6, 6.07) is 0.338. The first-order valence-corrected chi connectivity index (χ1v) is 8.37. The van der Waals surface area contributed by atoms with Crippen molar-refractivity contribution in [2.45, 2.75) is 57.5 Å².